The van der Waals surface area contributed by atoms with Gasteiger partial charge in [0.25, 0.3) is 0 Å². The largest absolute Gasteiger partial charge is 0.476 e. The molecule has 1 atom stereocenters. The molecule has 122 valence electrons. The van der Waals surface area contributed by atoms with Crippen LogP contribution < -0.4 is 4.90 Å². The van der Waals surface area contributed by atoms with Gasteiger partial charge < -0.3 is 10.0 Å². The fourth-order valence-corrected chi connectivity index (χ4v) is 3.13. The van der Waals surface area contributed by atoms with E-state index in [2.05, 4.69) is 22.0 Å². The average molecular weight is 314 g/mol. The molecule has 1 aromatic heterocycles. The number of hydrogen-bond donors (Lipinski definition) is 1. The molecule has 3 rings (SSSR count). The van der Waals surface area contributed by atoms with Crippen molar-refractivity contribution in [3.05, 3.63) is 35.5 Å². The van der Waals surface area contributed by atoms with Crippen LogP contribution in [-0.2, 0) is 0 Å². The summed E-state index contributed by atoms with van der Waals surface area (Å²) in [5.74, 6) is -0.539. The Morgan fingerprint density at radius 2 is 2.00 bits per heavy atom. The maximum Gasteiger partial charge on any atom is 0.360 e. The van der Waals surface area contributed by atoms with E-state index in [4.69, 9.17) is 0 Å². The summed E-state index contributed by atoms with van der Waals surface area (Å²) in [7, 11) is 0. The molecule has 1 aliphatic rings. The molecule has 1 saturated heterocycles. The van der Waals surface area contributed by atoms with Crippen molar-refractivity contribution < 1.29 is 9.90 Å². The highest BCUT2D eigenvalue weighted by molar-refractivity contribution is 5.91. The summed E-state index contributed by atoms with van der Waals surface area (Å²) < 4.78 is 0. The zero-order chi connectivity index (χ0) is 16.4. The minimum Gasteiger partial charge on any atom is -0.476 e. The number of benzene rings is 1. The van der Waals surface area contributed by atoms with E-state index in [1.807, 2.05) is 31.2 Å². The predicted molar refractivity (Wildman–Crippen MR) is 88.3 cm³/mol. The van der Waals surface area contributed by atoms with E-state index in [0.29, 0.717) is 11.9 Å². The average Bonchev–Trinajstić information content (AvgIpc) is 3.01. The molecule has 0 spiro atoms. The molecule has 0 bridgehead atoms. The van der Waals surface area contributed by atoms with Gasteiger partial charge in [0.1, 0.15) is 0 Å². The fourth-order valence-electron chi connectivity index (χ4n) is 3.13. The highest BCUT2D eigenvalue weighted by Gasteiger charge is 2.29. The molecule has 2 aromatic rings. The van der Waals surface area contributed by atoms with Gasteiger partial charge in [-0.3, -0.25) is 0 Å². The third-order valence-electron chi connectivity index (χ3n) is 4.43. The zero-order valence-corrected chi connectivity index (χ0v) is 13.6. The minimum atomic E-state index is -1.03. The van der Waals surface area contributed by atoms with Crippen LogP contribution in [0.2, 0.25) is 0 Å². The van der Waals surface area contributed by atoms with E-state index >= 15 is 0 Å². The van der Waals surface area contributed by atoms with E-state index < -0.39 is 5.97 Å². The smallest absolute Gasteiger partial charge is 0.360 e. The summed E-state index contributed by atoms with van der Waals surface area (Å²) in [6.07, 6.45) is 4.31. The van der Waals surface area contributed by atoms with Crippen LogP contribution in [-0.4, -0.2) is 38.7 Å². The van der Waals surface area contributed by atoms with Crippen molar-refractivity contribution in [2.75, 3.05) is 11.4 Å². The van der Waals surface area contributed by atoms with Crippen LogP contribution in [0.5, 0.6) is 0 Å². The lowest BCUT2D eigenvalue weighted by Gasteiger charge is -2.35. The van der Waals surface area contributed by atoms with Crippen LogP contribution in [0, 0.1) is 6.92 Å². The van der Waals surface area contributed by atoms with Crippen molar-refractivity contribution in [2.45, 2.75) is 45.6 Å². The monoisotopic (exact) mass is 314 g/mol. The highest BCUT2D eigenvalue weighted by Crippen LogP contribution is 2.27. The predicted octanol–water partition coefficient (Wildman–Crippen LogP) is 3.04. The van der Waals surface area contributed by atoms with Crippen molar-refractivity contribution in [3.63, 3.8) is 0 Å². The molecule has 0 amide bonds. The maximum atomic E-state index is 11.6. The van der Waals surface area contributed by atoms with E-state index in [9.17, 15) is 9.90 Å². The van der Waals surface area contributed by atoms with Crippen molar-refractivity contribution in [1.29, 1.82) is 0 Å². The van der Waals surface area contributed by atoms with Gasteiger partial charge in [-0.25, -0.2) is 4.79 Å². The van der Waals surface area contributed by atoms with E-state index in [-0.39, 0.29) is 5.69 Å². The van der Waals surface area contributed by atoms with Gasteiger partial charge in [-0.15, -0.1) is 15.0 Å². The zero-order valence-electron chi connectivity index (χ0n) is 13.6. The molecule has 2 heterocycles. The molecular weight excluding hydrogens is 292 g/mol. The number of piperidine rings is 1. The molecular formula is C17H22N4O2. The Kier molecular flexibility index (Phi) is 4.32. The fraction of sp³-hybridized carbons (Fsp3) is 0.471. The summed E-state index contributed by atoms with van der Waals surface area (Å²) in [5, 5.41) is 18.2. The Morgan fingerprint density at radius 3 is 2.65 bits per heavy atom. The molecule has 1 fully saturated rings. The van der Waals surface area contributed by atoms with Crippen LogP contribution in [0.1, 0.15) is 48.7 Å². The van der Waals surface area contributed by atoms with Crippen molar-refractivity contribution in [1.82, 2.24) is 15.0 Å². The van der Waals surface area contributed by atoms with E-state index in [0.717, 1.165) is 37.1 Å². The molecule has 0 radical (unpaired) electrons. The molecule has 1 aromatic carbocycles. The second-order valence-corrected chi connectivity index (χ2v) is 6.05. The minimum absolute atomic E-state index is 0.0333. The SMILES string of the molecule is CC[C@@H]1CCCCN1c1nn(-c2ccc(C)cc2)nc1C(=O)O. The Bertz CT molecular complexity index is 693. The molecule has 23 heavy (non-hydrogen) atoms. The number of hydrogen-bond acceptors (Lipinski definition) is 4. The third-order valence-corrected chi connectivity index (χ3v) is 4.43. The van der Waals surface area contributed by atoms with Gasteiger partial charge in [-0.1, -0.05) is 24.6 Å². The molecule has 0 saturated carbocycles. The summed E-state index contributed by atoms with van der Waals surface area (Å²) in [6, 6.07) is 8.07. The first-order chi connectivity index (χ1) is 11.1. The molecule has 6 heteroatoms. The summed E-state index contributed by atoms with van der Waals surface area (Å²) in [5.41, 5.74) is 1.95. The van der Waals surface area contributed by atoms with Crippen LogP contribution in [0.15, 0.2) is 24.3 Å². The van der Waals surface area contributed by atoms with Gasteiger partial charge >= 0.3 is 5.97 Å². The molecule has 0 unspecified atom stereocenters. The first-order valence-corrected chi connectivity index (χ1v) is 8.14. The number of aryl methyl sites for hydroxylation is 1. The van der Waals surface area contributed by atoms with Crippen LogP contribution in [0.25, 0.3) is 5.69 Å². The maximum absolute atomic E-state index is 11.6. The Balaban J connectivity index is 2.02. The summed E-state index contributed by atoms with van der Waals surface area (Å²) in [4.78, 5) is 15.2. The van der Waals surface area contributed by atoms with Gasteiger partial charge in [-0.05, 0) is 44.7 Å². The Labute approximate surface area is 135 Å². The highest BCUT2D eigenvalue weighted by atomic mass is 16.4. The number of carbonyl (C=O) groups is 1. The van der Waals surface area contributed by atoms with Crippen LogP contribution >= 0.6 is 0 Å². The number of carboxylic acids is 1. The number of carboxylic acid groups (broad SMARTS) is 1. The van der Waals surface area contributed by atoms with Crippen molar-refractivity contribution >= 4 is 11.8 Å². The lowest BCUT2D eigenvalue weighted by Crippen LogP contribution is -2.40. The van der Waals surface area contributed by atoms with Gasteiger partial charge in [0, 0.05) is 12.6 Å². The van der Waals surface area contributed by atoms with Crippen molar-refractivity contribution in [2.24, 2.45) is 0 Å². The molecule has 1 N–H and O–H groups in total. The van der Waals surface area contributed by atoms with Gasteiger partial charge in [0.2, 0.25) is 5.69 Å². The van der Waals surface area contributed by atoms with E-state index in [1.165, 1.54) is 11.2 Å². The topological polar surface area (TPSA) is 71.2 Å². The van der Waals surface area contributed by atoms with Crippen molar-refractivity contribution in [3.8, 4) is 5.69 Å². The summed E-state index contributed by atoms with van der Waals surface area (Å²) in [6.45, 7) is 4.98. The third kappa shape index (κ3) is 3.06. The first-order valence-electron chi connectivity index (χ1n) is 8.14. The van der Waals surface area contributed by atoms with Crippen LogP contribution in [0.4, 0.5) is 5.82 Å². The van der Waals surface area contributed by atoms with Gasteiger partial charge in [-0.2, -0.15) is 0 Å². The lowest BCUT2D eigenvalue weighted by atomic mass is 10.00. The normalized spacial score (nSPS) is 18.2. The van der Waals surface area contributed by atoms with Gasteiger partial charge in [0.05, 0.1) is 5.69 Å². The van der Waals surface area contributed by atoms with Gasteiger partial charge in [0.15, 0.2) is 5.82 Å². The Hall–Kier alpha value is -2.37. The second-order valence-electron chi connectivity index (χ2n) is 6.05. The standard InChI is InChI=1S/C17H22N4O2/c1-3-13-6-4-5-11-20(13)16-15(17(22)23)18-21(19-16)14-9-7-12(2)8-10-14/h7-10,13H,3-6,11H2,1-2H3,(H,22,23)/t13-/m1/s1. The molecule has 6 nitrogen and oxygen atoms in total. The Morgan fingerprint density at radius 1 is 1.26 bits per heavy atom. The number of nitrogens with zero attached hydrogens (tertiary/aromatic N) is 4. The quantitative estimate of drug-likeness (QED) is 0.939. The summed E-state index contributed by atoms with van der Waals surface area (Å²) >= 11 is 0. The van der Waals surface area contributed by atoms with Crippen LogP contribution in [0.3, 0.4) is 0 Å². The first kappa shape index (κ1) is 15.5. The second kappa shape index (κ2) is 6.40. The number of anilines is 1. The number of aromatic nitrogens is 3. The number of rotatable bonds is 4. The number of aromatic carboxylic acids is 1. The lowest BCUT2D eigenvalue weighted by molar-refractivity contribution is 0.0690. The molecule has 1 aliphatic heterocycles. The van der Waals surface area contributed by atoms with E-state index in [1.54, 1.807) is 0 Å². The molecule has 0 aliphatic carbocycles.